The van der Waals surface area contributed by atoms with Crippen molar-refractivity contribution < 1.29 is 5.11 Å². The summed E-state index contributed by atoms with van der Waals surface area (Å²) in [6, 6.07) is 14.0. The monoisotopic (exact) mass is 252 g/mol. The number of hydrogen-bond donors (Lipinski definition) is 1. The van der Waals surface area contributed by atoms with Gasteiger partial charge in [-0.25, -0.2) is 4.98 Å². The molecule has 2 aromatic carbocycles. The number of aryl methyl sites for hydroxylation is 2. The lowest BCUT2D eigenvalue weighted by atomic mass is 10.1. The van der Waals surface area contributed by atoms with Crippen molar-refractivity contribution in [2.75, 3.05) is 0 Å². The van der Waals surface area contributed by atoms with Gasteiger partial charge in [0, 0.05) is 6.54 Å². The highest BCUT2D eigenvalue weighted by Crippen LogP contribution is 2.25. The van der Waals surface area contributed by atoms with Crippen molar-refractivity contribution >= 4 is 11.0 Å². The van der Waals surface area contributed by atoms with Crippen LogP contribution in [0.25, 0.3) is 11.0 Å². The van der Waals surface area contributed by atoms with E-state index >= 15 is 0 Å². The van der Waals surface area contributed by atoms with Crippen molar-refractivity contribution in [2.45, 2.75) is 20.4 Å². The Morgan fingerprint density at radius 3 is 2.53 bits per heavy atom. The molecule has 0 fully saturated rings. The second-order valence-electron chi connectivity index (χ2n) is 4.88. The molecule has 3 nitrogen and oxygen atoms in total. The summed E-state index contributed by atoms with van der Waals surface area (Å²) in [7, 11) is 0. The molecule has 0 saturated heterocycles. The number of imidazole rings is 1. The van der Waals surface area contributed by atoms with Gasteiger partial charge in [-0.15, -0.1) is 0 Å². The molecule has 19 heavy (non-hydrogen) atoms. The fourth-order valence-corrected chi connectivity index (χ4v) is 2.32. The summed E-state index contributed by atoms with van der Waals surface area (Å²) < 4.78 is 2.12. The first-order chi connectivity index (χ1) is 9.15. The lowest BCUT2D eigenvalue weighted by Crippen LogP contribution is -2.01. The zero-order chi connectivity index (χ0) is 13.4. The Labute approximate surface area is 112 Å². The molecule has 0 aliphatic heterocycles. The summed E-state index contributed by atoms with van der Waals surface area (Å²) in [6.07, 6.45) is 0. The van der Waals surface area contributed by atoms with Gasteiger partial charge in [0.2, 0.25) is 0 Å². The van der Waals surface area contributed by atoms with Gasteiger partial charge in [0.1, 0.15) is 17.1 Å². The first kappa shape index (κ1) is 11.8. The Morgan fingerprint density at radius 1 is 1.05 bits per heavy atom. The maximum absolute atomic E-state index is 9.84. The SMILES string of the molecule is Cc1ccc(Cn2c(C)nc3c(O)cccc32)cc1. The number of rotatable bonds is 2. The molecule has 1 heterocycles. The second kappa shape index (κ2) is 4.43. The summed E-state index contributed by atoms with van der Waals surface area (Å²) in [5, 5.41) is 9.84. The van der Waals surface area contributed by atoms with Crippen molar-refractivity contribution in [3.8, 4) is 5.75 Å². The number of para-hydroxylation sites is 1. The summed E-state index contributed by atoms with van der Waals surface area (Å²) in [4.78, 5) is 4.44. The predicted molar refractivity (Wildman–Crippen MR) is 76.4 cm³/mol. The third kappa shape index (κ3) is 2.08. The molecule has 0 radical (unpaired) electrons. The van der Waals surface area contributed by atoms with E-state index in [1.165, 1.54) is 11.1 Å². The topological polar surface area (TPSA) is 38.0 Å². The van der Waals surface area contributed by atoms with Crippen LogP contribution < -0.4 is 0 Å². The van der Waals surface area contributed by atoms with Gasteiger partial charge in [0.05, 0.1) is 5.52 Å². The first-order valence-corrected chi connectivity index (χ1v) is 6.35. The largest absolute Gasteiger partial charge is 0.506 e. The molecule has 0 unspecified atom stereocenters. The average molecular weight is 252 g/mol. The highest BCUT2D eigenvalue weighted by Gasteiger charge is 2.10. The van der Waals surface area contributed by atoms with Crippen LogP contribution in [0, 0.1) is 13.8 Å². The van der Waals surface area contributed by atoms with Crippen molar-refractivity contribution in [1.82, 2.24) is 9.55 Å². The number of phenolic OH excluding ortho intramolecular Hbond substituents is 1. The summed E-state index contributed by atoms with van der Waals surface area (Å²) in [5.74, 6) is 1.15. The van der Waals surface area contributed by atoms with E-state index in [1.54, 1.807) is 6.07 Å². The van der Waals surface area contributed by atoms with Crippen LogP contribution in [-0.4, -0.2) is 14.7 Å². The lowest BCUT2D eigenvalue weighted by molar-refractivity contribution is 0.480. The minimum Gasteiger partial charge on any atom is -0.506 e. The molecule has 0 atom stereocenters. The molecule has 0 bridgehead atoms. The zero-order valence-corrected chi connectivity index (χ0v) is 11.1. The van der Waals surface area contributed by atoms with Crippen molar-refractivity contribution in [2.24, 2.45) is 0 Å². The zero-order valence-electron chi connectivity index (χ0n) is 11.1. The average Bonchev–Trinajstić information content (AvgIpc) is 2.71. The molecule has 96 valence electrons. The minimum absolute atomic E-state index is 0.239. The van der Waals surface area contributed by atoms with Crippen LogP contribution in [-0.2, 0) is 6.54 Å². The summed E-state index contributed by atoms with van der Waals surface area (Å²) >= 11 is 0. The van der Waals surface area contributed by atoms with E-state index in [1.807, 2.05) is 19.1 Å². The molecule has 3 heteroatoms. The smallest absolute Gasteiger partial charge is 0.143 e. The van der Waals surface area contributed by atoms with Crippen LogP contribution in [0.4, 0.5) is 0 Å². The van der Waals surface area contributed by atoms with E-state index in [0.717, 1.165) is 17.9 Å². The normalized spacial score (nSPS) is 11.1. The van der Waals surface area contributed by atoms with Gasteiger partial charge in [0.25, 0.3) is 0 Å². The molecular formula is C16H16N2O. The highest BCUT2D eigenvalue weighted by molar-refractivity contribution is 5.82. The van der Waals surface area contributed by atoms with Crippen molar-refractivity contribution in [3.63, 3.8) is 0 Å². The van der Waals surface area contributed by atoms with Gasteiger partial charge in [-0.2, -0.15) is 0 Å². The Balaban J connectivity index is 2.07. The fraction of sp³-hybridized carbons (Fsp3) is 0.188. The number of phenols is 1. The maximum Gasteiger partial charge on any atom is 0.143 e. The number of fused-ring (bicyclic) bond motifs is 1. The number of aromatic hydroxyl groups is 1. The number of aromatic nitrogens is 2. The van der Waals surface area contributed by atoms with Gasteiger partial charge >= 0.3 is 0 Å². The molecule has 0 amide bonds. The molecule has 3 rings (SSSR count). The second-order valence-corrected chi connectivity index (χ2v) is 4.88. The standard InChI is InChI=1S/C16H16N2O/c1-11-6-8-13(9-7-11)10-18-12(2)17-16-14(18)4-3-5-15(16)19/h3-9,19H,10H2,1-2H3. The van der Waals surface area contributed by atoms with Crippen LogP contribution in [0.3, 0.4) is 0 Å². The van der Waals surface area contributed by atoms with E-state index in [9.17, 15) is 5.11 Å². The maximum atomic E-state index is 9.84. The van der Waals surface area contributed by atoms with E-state index in [-0.39, 0.29) is 5.75 Å². The van der Waals surface area contributed by atoms with Crippen LogP contribution in [0.2, 0.25) is 0 Å². The quantitative estimate of drug-likeness (QED) is 0.759. The van der Waals surface area contributed by atoms with E-state index in [2.05, 4.69) is 40.7 Å². The highest BCUT2D eigenvalue weighted by atomic mass is 16.3. The van der Waals surface area contributed by atoms with Crippen molar-refractivity contribution in [3.05, 3.63) is 59.4 Å². The van der Waals surface area contributed by atoms with Crippen LogP contribution in [0.15, 0.2) is 42.5 Å². The van der Waals surface area contributed by atoms with Crippen LogP contribution in [0.1, 0.15) is 17.0 Å². The van der Waals surface area contributed by atoms with Crippen molar-refractivity contribution in [1.29, 1.82) is 0 Å². The number of benzene rings is 2. The molecule has 1 N–H and O–H groups in total. The summed E-state index contributed by atoms with van der Waals surface area (Å²) in [5.41, 5.74) is 4.13. The van der Waals surface area contributed by atoms with Gasteiger partial charge in [-0.1, -0.05) is 35.9 Å². The van der Waals surface area contributed by atoms with Gasteiger partial charge in [-0.3, -0.25) is 0 Å². The molecule has 1 aromatic heterocycles. The first-order valence-electron chi connectivity index (χ1n) is 6.35. The Hall–Kier alpha value is -2.29. The number of hydrogen-bond acceptors (Lipinski definition) is 2. The molecule has 0 spiro atoms. The molecular weight excluding hydrogens is 236 g/mol. The lowest BCUT2D eigenvalue weighted by Gasteiger charge is -2.07. The fourth-order valence-electron chi connectivity index (χ4n) is 2.32. The van der Waals surface area contributed by atoms with E-state index < -0.39 is 0 Å². The Kier molecular flexibility index (Phi) is 2.75. The minimum atomic E-state index is 0.239. The van der Waals surface area contributed by atoms with Gasteiger partial charge < -0.3 is 9.67 Å². The van der Waals surface area contributed by atoms with Crippen LogP contribution >= 0.6 is 0 Å². The van der Waals surface area contributed by atoms with Gasteiger partial charge in [0.15, 0.2) is 0 Å². The molecule has 0 aliphatic rings. The predicted octanol–water partition coefficient (Wildman–Crippen LogP) is 3.41. The Bertz CT molecular complexity index is 726. The third-order valence-electron chi connectivity index (χ3n) is 3.41. The molecule has 0 aliphatic carbocycles. The molecule has 3 aromatic rings. The third-order valence-corrected chi connectivity index (χ3v) is 3.41. The van der Waals surface area contributed by atoms with Crippen LogP contribution in [0.5, 0.6) is 5.75 Å². The number of nitrogens with zero attached hydrogens (tertiary/aromatic N) is 2. The summed E-state index contributed by atoms with van der Waals surface area (Å²) in [6.45, 7) is 4.82. The molecule has 0 saturated carbocycles. The van der Waals surface area contributed by atoms with Gasteiger partial charge in [-0.05, 0) is 31.5 Å². The Morgan fingerprint density at radius 2 is 1.79 bits per heavy atom. The van der Waals surface area contributed by atoms with E-state index in [0.29, 0.717) is 5.52 Å². The van der Waals surface area contributed by atoms with E-state index in [4.69, 9.17) is 0 Å².